The third-order valence-corrected chi connectivity index (χ3v) is 5.91. The van der Waals surface area contributed by atoms with E-state index >= 15 is 0 Å². The number of rotatable bonds is 11. The van der Waals surface area contributed by atoms with E-state index in [0.717, 1.165) is 27.9 Å². The van der Waals surface area contributed by atoms with Crippen molar-refractivity contribution < 1.29 is 61.9 Å². The molecule has 0 bridgehead atoms. The maximum atomic E-state index is 13.2. The maximum absolute atomic E-state index is 13.2. The highest BCUT2D eigenvalue weighted by atomic mass is 35.5. The van der Waals surface area contributed by atoms with Crippen molar-refractivity contribution in [1.82, 2.24) is 10.6 Å². The topological polar surface area (TPSA) is 191 Å². The Balaban J connectivity index is 2.41. The van der Waals surface area contributed by atoms with Crippen LogP contribution in [-0.4, -0.2) is 92.4 Å². The molecule has 2 amide bonds. The van der Waals surface area contributed by atoms with Crippen molar-refractivity contribution in [3.63, 3.8) is 0 Å². The zero-order valence-corrected chi connectivity index (χ0v) is 26.2. The smallest absolute Gasteiger partial charge is 0.407 e. The van der Waals surface area contributed by atoms with Gasteiger partial charge >= 0.3 is 30.0 Å². The number of halogens is 1. The first-order valence-electron chi connectivity index (χ1n) is 13.4. The molecule has 1 aliphatic heterocycles. The summed E-state index contributed by atoms with van der Waals surface area (Å²) in [4.78, 5) is 73.8. The molecule has 2 rings (SSSR count). The molecule has 16 heteroatoms. The van der Waals surface area contributed by atoms with Gasteiger partial charge in [0.15, 0.2) is 18.3 Å². The van der Waals surface area contributed by atoms with Crippen molar-refractivity contribution in [2.24, 2.45) is 0 Å². The maximum Gasteiger partial charge on any atom is 0.407 e. The summed E-state index contributed by atoms with van der Waals surface area (Å²) in [6.45, 7) is 8.33. The standard InChI is InChI=1S/C28H37ClN2O13/c1-14(32)39-20-21(40-15(2)33)23(41-16(3)34)26(43-22(20)25(36)38-7)42-19-9-8-17(13-29)12-18(19)24(35)30-10-11-31-27(37)44-28(4,5)6/h8-9,12,20-23,26H,10-11,13H2,1-7H3,(H,30,35)(H,31,37)/t20-,21-,22-,23+,26+/m0/s1. The summed E-state index contributed by atoms with van der Waals surface area (Å²) in [5.41, 5.74) is -0.199. The molecule has 1 fully saturated rings. The Morgan fingerprint density at radius 2 is 1.43 bits per heavy atom. The Bertz CT molecular complexity index is 1230. The summed E-state index contributed by atoms with van der Waals surface area (Å²) in [7, 11) is 1.05. The van der Waals surface area contributed by atoms with E-state index < -0.39 is 72.2 Å². The zero-order valence-electron chi connectivity index (χ0n) is 25.4. The van der Waals surface area contributed by atoms with E-state index in [2.05, 4.69) is 10.6 Å². The highest BCUT2D eigenvalue weighted by Crippen LogP contribution is 2.32. The lowest BCUT2D eigenvalue weighted by molar-refractivity contribution is -0.282. The second-order valence-electron chi connectivity index (χ2n) is 10.4. The minimum absolute atomic E-state index is 0.00161. The molecule has 0 saturated carbocycles. The van der Waals surface area contributed by atoms with Crippen LogP contribution in [-0.2, 0) is 53.5 Å². The van der Waals surface area contributed by atoms with Gasteiger partial charge in [0.25, 0.3) is 5.91 Å². The number of esters is 4. The van der Waals surface area contributed by atoms with Crippen LogP contribution in [0.25, 0.3) is 0 Å². The number of ether oxygens (including phenoxy) is 7. The molecule has 0 radical (unpaired) electrons. The SMILES string of the molecule is COC(=O)[C@H]1O[C@@H](Oc2ccc(CCl)cc2C(=O)NCCNC(=O)OC(C)(C)C)[C@H](OC(C)=O)[C@@H](OC(C)=O)[C@@H]1OC(C)=O. The summed E-state index contributed by atoms with van der Waals surface area (Å²) < 4.78 is 37.6. The van der Waals surface area contributed by atoms with E-state index in [1.165, 1.54) is 12.1 Å². The molecule has 2 N–H and O–H groups in total. The first-order chi connectivity index (χ1) is 20.6. The molecule has 44 heavy (non-hydrogen) atoms. The number of methoxy groups -OCH3 is 1. The third kappa shape index (κ3) is 10.9. The molecule has 0 unspecified atom stereocenters. The third-order valence-electron chi connectivity index (χ3n) is 5.60. The average Bonchev–Trinajstić information content (AvgIpc) is 2.91. The molecule has 1 heterocycles. The molecule has 0 aliphatic carbocycles. The molecular weight excluding hydrogens is 608 g/mol. The second-order valence-corrected chi connectivity index (χ2v) is 10.7. The van der Waals surface area contributed by atoms with Gasteiger partial charge in [-0.25, -0.2) is 9.59 Å². The van der Waals surface area contributed by atoms with Crippen molar-refractivity contribution in [1.29, 1.82) is 0 Å². The normalized spacial score (nSPS) is 21.2. The van der Waals surface area contributed by atoms with Gasteiger partial charge in [0.05, 0.1) is 12.7 Å². The van der Waals surface area contributed by atoms with Crippen molar-refractivity contribution in [2.45, 2.75) is 83.7 Å². The van der Waals surface area contributed by atoms with E-state index in [4.69, 9.17) is 44.8 Å². The molecule has 1 aromatic carbocycles. The Morgan fingerprint density at radius 1 is 0.864 bits per heavy atom. The largest absolute Gasteiger partial charge is 0.467 e. The summed E-state index contributed by atoms with van der Waals surface area (Å²) in [5.74, 6) is -4.29. The number of alkyl halides is 1. The number of hydrogen-bond acceptors (Lipinski definition) is 13. The Labute approximate surface area is 259 Å². The fraction of sp³-hybridized carbons (Fsp3) is 0.571. The highest BCUT2D eigenvalue weighted by Gasteiger charge is 2.56. The fourth-order valence-electron chi connectivity index (χ4n) is 3.99. The lowest BCUT2D eigenvalue weighted by Crippen LogP contribution is -2.64. The predicted molar refractivity (Wildman–Crippen MR) is 151 cm³/mol. The zero-order chi connectivity index (χ0) is 33.2. The minimum Gasteiger partial charge on any atom is -0.467 e. The molecule has 1 saturated heterocycles. The first kappa shape index (κ1) is 36.1. The summed E-state index contributed by atoms with van der Waals surface area (Å²) in [6.07, 6.45) is -8.79. The first-order valence-corrected chi connectivity index (χ1v) is 13.9. The minimum atomic E-state index is -1.69. The summed E-state index contributed by atoms with van der Waals surface area (Å²) in [6, 6.07) is 4.38. The molecule has 0 aromatic heterocycles. The van der Waals surface area contributed by atoms with Gasteiger partial charge in [-0.2, -0.15) is 0 Å². The van der Waals surface area contributed by atoms with Gasteiger partial charge in [-0.05, 0) is 38.5 Å². The number of carbonyl (C=O) groups excluding carboxylic acids is 6. The van der Waals surface area contributed by atoms with Crippen LogP contribution in [0.15, 0.2) is 18.2 Å². The van der Waals surface area contributed by atoms with Crippen molar-refractivity contribution in [3.8, 4) is 5.75 Å². The van der Waals surface area contributed by atoms with Gasteiger partial charge in [-0.3, -0.25) is 19.2 Å². The number of benzene rings is 1. The quantitative estimate of drug-likeness (QED) is 0.153. The monoisotopic (exact) mass is 644 g/mol. The van der Waals surface area contributed by atoms with E-state index in [9.17, 15) is 28.8 Å². The molecule has 1 aliphatic rings. The summed E-state index contributed by atoms with van der Waals surface area (Å²) >= 11 is 5.98. The van der Waals surface area contributed by atoms with Gasteiger partial charge in [0, 0.05) is 39.7 Å². The van der Waals surface area contributed by atoms with Gasteiger partial charge < -0.3 is 43.8 Å². The van der Waals surface area contributed by atoms with Gasteiger partial charge in [0.2, 0.25) is 12.4 Å². The average molecular weight is 645 g/mol. The van der Waals surface area contributed by atoms with E-state index in [0.29, 0.717) is 5.56 Å². The Morgan fingerprint density at radius 3 is 1.98 bits per heavy atom. The van der Waals surface area contributed by atoms with E-state index in [-0.39, 0.29) is 30.3 Å². The van der Waals surface area contributed by atoms with Crippen LogP contribution in [0.5, 0.6) is 5.75 Å². The number of amides is 2. The number of nitrogens with one attached hydrogen (secondary N) is 2. The fourth-order valence-corrected chi connectivity index (χ4v) is 4.16. The number of carbonyl (C=O) groups is 6. The van der Waals surface area contributed by atoms with Crippen LogP contribution < -0.4 is 15.4 Å². The van der Waals surface area contributed by atoms with Crippen LogP contribution in [0.2, 0.25) is 0 Å². The molecule has 5 atom stereocenters. The molecule has 15 nitrogen and oxygen atoms in total. The number of hydrogen-bond donors (Lipinski definition) is 2. The van der Waals surface area contributed by atoms with Crippen LogP contribution >= 0.6 is 11.6 Å². The highest BCUT2D eigenvalue weighted by molar-refractivity contribution is 6.17. The van der Waals surface area contributed by atoms with Crippen LogP contribution in [0.4, 0.5) is 4.79 Å². The molecule has 244 valence electrons. The Hall–Kier alpha value is -4.11. The van der Waals surface area contributed by atoms with Crippen molar-refractivity contribution >= 4 is 47.5 Å². The summed E-state index contributed by atoms with van der Waals surface area (Å²) in [5, 5.41) is 5.14. The molecular formula is C28H37ClN2O13. The predicted octanol–water partition coefficient (Wildman–Crippen LogP) is 1.75. The van der Waals surface area contributed by atoms with Gasteiger partial charge in [0.1, 0.15) is 11.4 Å². The van der Waals surface area contributed by atoms with Crippen LogP contribution in [0.3, 0.4) is 0 Å². The van der Waals surface area contributed by atoms with Crippen molar-refractivity contribution in [2.75, 3.05) is 20.2 Å². The molecule has 0 spiro atoms. The number of alkyl carbamates (subject to hydrolysis) is 1. The lowest BCUT2D eigenvalue weighted by Gasteiger charge is -2.43. The lowest BCUT2D eigenvalue weighted by atomic mass is 9.97. The van der Waals surface area contributed by atoms with Crippen LogP contribution in [0.1, 0.15) is 57.5 Å². The second kappa shape index (κ2) is 16.1. The van der Waals surface area contributed by atoms with Gasteiger partial charge in [-0.1, -0.05) is 6.07 Å². The Kier molecular flexibility index (Phi) is 13.2. The van der Waals surface area contributed by atoms with E-state index in [1.54, 1.807) is 26.8 Å². The molecule has 1 aromatic rings. The van der Waals surface area contributed by atoms with Gasteiger partial charge in [-0.15, -0.1) is 11.6 Å². The van der Waals surface area contributed by atoms with E-state index in [1.807, 2.05) is 0 Å². The van der Waals surface area contributed by atoms with Crippen LogP contribution in [0, 0.1) is 0 Å². The van der Waals surface area contributed by atoms with Crippen molar-refractivity contribution in [3.05, 3.63) is 29.3 Å².